The lowest BCUT2D eigenvalue weighted by molar-refractivity contribution is 1.46. The first-order valence-electron chi connectivity index (χ1n) is 6.55. The molecule has 100 valence electrons. The Labute approximate surface area is 120 Å². The van der Waals surface area contributed by atoms with Gasteiger partial charge in [-0.3, -0.25) is 0 Å². The SMILES string of the molecule is Cc1cc(-c2ccccc2)cc(-c2ccccc2)c1.N. The third kappa shape index (κ3) is 2.95. The zero-order valence-electron chi connectivity index (χ0n) is 11.7. The molecule has 0 saturated carbocycles. The quantitative estimate of drug-likeness (QED) is 0.650. The van der Waals surface area contributed by atoms with Gasteiger partial charge in [0.2, 0.25) is 0 Å². The molecule has 0 aliphatic heterocycles. The molecule has 0 saturated heterocycles. The first kappa shape index (κ1) is 14.0. The van der Waals surface area contributed by atoms with Crippen molar-refractivity contribution in [2.75, 3.05) is 0 Å². The minimum absolute atomic E-state index is 0. The van der Waals surface area contributed by atoms with E-state index in [2.05, 4.69) is 85.8 Å². The van der Waals surface area contributed by atoms with Gasteiger partial charge in [-0.2, -0.15) is 0 Å². The monoisotopic (exact) mass is 261 g/mol. The summed E-state index contributed by atoms with van der Waals surface area (Å²) < 4.78 is 0. The van der Waals surface area contributed by atoms with Gasteiger partial charge in [0.1, 0.15) is 0 Å². The molecule has 0 fully saturated rings. The predicted molar refractivity (Wildman–Crippen MR) is 87.1 cm³/mol. The van der Waals surface area contributed by atoms with Gasteiger partial charge in [0.05, 0.1) is 0 Å². The molecular formula is C19H19N. The van der Waals surface area contributed by atoms with E-state index in [4.69, 9.17) is 0 Å². The molecule has 0 aliphatic rings. The van der Waals surface area contributed by atoms with Crippen LogP contribution in [-0.2, 0) is 0 Å². The van der Waals surface area contributed by atoms with Crippen LogP contribution in [0.5, 0.6) is 0 Å². The van der Waals surface area contributed by atoms with E-state index in [0.29, 0.717) is 0 Å². The molecule has 3 aromatic carbocycles. The topological polar surface area (TPSA) is 35.0 Å². The molecule has 1 nitrogen and oxygen atoms in total. The fraction of sp³-hybridized carbons (Fsp3) is 0.0526. The normalized spacial score (nSPS) is 9.85. The molecule has 0 heterocycles. The molecule has 0 bridgehead atoms. The van der Waals surface area contributed by atoms with Crippen molar-refractivity contribution in [3.63, 3.8) is 0 Å². The van der Waals surface area contributed by atoms with Crippen molar-refractivity contribution in [1.29, 1.82) is 0 Å². The molecule has 0 spiro atoms. The fourth-order valence-corrected chi connectivity index (χ4v) is 2.38. The molecule has 3 N–H and O–H groups in total. The van der Waals surface area contributed by atoms with E-state index in [-0.39, 0.29) is 6.15 Å². The van der Waals surface area contributed by atoms with Gasteiger partial charge >= 0.3 is 0 Å². The Morgan fingerprint density at radius 3 is 1.30 bits per heavy atom. The maximum atomic E-state index is 2.26. The average Bonchev–Trinajstić information content (AvgIpc) is 2.48. The van der Waals surface area contributed by atoms with Gasteiger partial charge in [-0.25, -0.2) is 0 Å². The highest BCUT2D eigenvalue weighted by Crippen LogP contribution is 2.27. The highest BCUT2D eigenvalue weighted by atomic mass is 14.1. The highest BCUT2D eigenvalue weighted by molar-refractivity contribution is 5.74. The van der Waals surface area contributed by atoms with Crippen LogP contribution in [0.25, 0.3) is 22.3 Å². The van der Waals surface area contributed by atoms with Crippen molar-refractivity contribution >= 4 is 0 Å². The van der Waals surface area contributed by atoms with E-state index in [1.807, 2.05) is 0 Å². The van der Waals surface area contributed by atoms with Gasteiger partial charge in [0.25, 0.3) is 0 Å². The maximum absolute atomic E-state index is 2.26. The van der Waals surface area contributed by atoms with Gasteiger partial charge < -0.3 is 6.15 Å². The van der Waals surface area contributed by atoms with E-state index >= 15 is 0 Å². The predicted octanol–water partition coefficient (Wildman–Crippen LogP) is 5.49. The van der Waals surface area contributed by atoms with E-state index in [1.165, 1.54) is 27.8 Å². The highest BCUT2D eigenvalue weighted by Gasteiger charge is 2.02. The van der Waals surface area contributed by atoms with Crippen LogP contribution < -0.4 is 6.15 Å². The number of aryl methyl sites for hydroxylation is 1. The standard InChI is InChI=1S/C19H16.H3N/c1-15-12-18(16-8-4-2-5-9-16)14-19(13-15)17-10-6-3-7-11-17;/h2-14H,1H3;1H3. The summed E-state index contributed by atoms with van der Waals surface area (Å²) in [7, 11) is 0. The van der Waals surface area contributed by atoms with Crippen molar-refractivity contribution < 1.29 is 0 Å². The Hall–Kier alpha value is -2.38. The van der Waals surface area contributed by atoms with Crippen molar-refractivity contribution in [3.8, 4) is 22.3 Å². The van der Waals surface area contributed by atoms with Crippen molar-refractivity contribution in [1.82, 2.24) is 6.15 Å². The largest absolute Gasteiger partial charge is 0.344 e. The second-order valence-corrected chi connectivity index (χ2v) is 4.82. The zero-order valence-corrected chi connectivity index (χ0v) is 11.7. The summed E-state index contributed by atoms with van der Waals surface area (Å²) in [5.41, 5.74) is 6.38. The molecule has 20 heavy (non-hydrogen) atoms. The summed E-state index contributed by atoms with van der Waals surface area (Å²) in [5.74, 6) is 0. The van der Waals surface area contributed by atoms with Gasteiger partial charge in [-0.15, -0.1) is 0 Å². The third-order valence-electron chi connectivity index (χ3n) is 3.29. The summed E-state index contributed by atoms with van der Waals surface area (Å²) in [6.45, 7) is 2.15. The summed E-state index contributed by atoms with van der Waals surface area (Å²) in [6.07, 6.45) is 0. The molecule has 0 atom stereocenters. The van der Waals surface area contributed by atoms with Gasteiger partial charge in [-0.05, 0) is 40.8 Å². The van der Waals surface area contributed by atoms with E-state index < -0.39 is 0 Å². The number of hydrogen-bond acceptors (Lipinski definition) is 1. The molecule has 3 aromatic rings. The smallest absolute Gasteiger partial charge is 0.0175 e. The van der Waals surface area contributed by atoms with Gasteiger partial charge in [-0.1, -0.05) is 72.8 Å². The summed E-state index contributed by atoms with van der Waals surface area (Å²) in [5, 5.41) is 0. The minimum atomic E-state index is 0. The van der Waals surface area contributed by atoms with E-state index in [1.54, 1.807) is 0 Å². The van der Waals surface area contributed by atoms with Crippen LogP contribution in [0.4, 0.5) is 0 Å². The first-order valence-corrected chi connectivity index (χ1v) is 6.55. The van der Waals surface area contributed by atoms with Crippen molar-refractivity contribution in [2.24, 2.45) is 0 Å². The van der Waals surface area contributed by atoms with Crippen LogP contribution >= 0.6 is 0 Å². The van der Waals surface area contributed by atoms with Crippen LogP contribution in [-0.4, -0.2) is 0 Å². The van der Waals surface area contributed by atoms with Crippen LogP contribution in [0.15, 0.2) is 78.9 Å². The first-order chi connectivity index (χ1) is 9.33. The van der Waals surface area contributed by atoms with Crippen molar-refractivity contribution in [2.45, 2.75) is 6.92 Å². The van der Waals surface area contributed by atoms with Crippen LogP contribution in [0, 0.1) is 6.92 Å². The summed E-state index contributed by atoms with van der Waals surface area (Å²) >= 11 is 0. The van der Waals surface area contributed by atoms with Crippen LogP contribution in [0.3, 0.4) is 0 Å². The second kappa shape index (κ2) is 6.18. The number of benzene rings is 3. The number of rotatable bonds is 2. The van der Waals surface area contributed by atoms with Gasteiger partial charge in [0, 0.05) is 0 Å². The molecule has 1 heteroatoms. The Morgan fingerprint density at radius 2 is 0.900 bits per heavy atom. The Kier molecular flexibility index (Phi) is 4.34. The lowest BCUT2D eigenvalue weighted by atomic mass is 9.97. The lowest BCUT2D eigenvalue weighted by Gasteiger charge is -2.08. The Bertz CT molecular complexity index is 615. The second-order valence-electron chi connectivity index (χ2n) is 4.82. The molecule has 0 unspecified atom stereocenters. The van der Waals surface area contributed by atoms with Crippen LogP contribution in [0.2, 0.25) is 0 Å². The zero-order chi connectivity index (χ0) is 13.1. The van der Waals surface area contributed by atoms with E-state index in [9.17, 15) is 0 Å². The Morgan fingerprint density at radius 1 is 0.500 bits per heavy atom. The molecule has 0 aromatic heterocycles. The molecule has 0 amide bonds. The lowest BCUT2D eigenvalue weighted by Crippen LogP contribution is -1.84. The Balaban J connectivity index is 0.00000147. The fourth-order valence-electron chi connectivity index (χ4n) is 2.38. The summed E-state index contributed by atoms with van der Waals surface area (Å²) in [6, 6.07) is 27.8. The number of hydrogen-bond donors (Lipinski definition) is 1. The molecule has 0 aliphatic carbocycles. The summed E-state index contributed by atoms with van der Waals surface area (Å²) in [4.78, 5) is 0. The van der Waals surface area contributed by atoms with E-state index in [0.717, 1.165) is 0 Å². The van der Waals surface area contributed by atoms with Crippen molar-refractivity contribution in [3.05, 3.63) is 84.4 Å². The molecular weight excluding hydrogens is 242 g/mol. The average molecular weight is 261 g/mol. The minimum Gasteiger partial charge on any atom is -0.344 e. The van der Waals surface area contributed by atoms with Crippen LogP contribution in [0.1, 0.15) is 5.56 Å². The molecule has 3 rings (SSSR count). The van der Waals surface area contributed by atoms with Gasteiger partial charge in [0.15, 0.2) is 0 Å². The molecule has 0 radical (unpaired) electrons. The maximum Gasteiger partial charge on any atom is -0.0175 e. The third-order valence-corrected chi connectivity index (χ3v) is 3.29.